The molecule has 2 nitrogen and oxygen atoms in total. The second kappa shape index (κ2) is 5.51. The number of fused-ring (bicyclic) bond motifs is 1. The molecule has 5 heteroatoms. The minimum atomic E-state index is -0.411. The first-order valence-electron chi connectivity index (χ1n) is 6.29. The summed E-state index contributed by atoms with van der Waals surface area (Å²) in [4.78, 5) is 15.3. The summed E-state index contributed by atoms with van der Waals surface area (Å²) in [5, 5.41) is 1.15. The van der Waals surface area contributed by atoms with E-state index in [1.807, 2.05) is 0 Å². The first-order valence-corrected chi connectivity index (χ1v) is 7.04. The summed E-state index contributed by atoms with van der Waals surface area (Å²) in [7, 11) is 0. The van der Waals surface area contributed by atoms with Crippen molar-refractivity contribution in [2.45, 2.75) is 6.42 Å². The van der Waals surface area contributed by atoms with E-state index in [1.54, 1.807) is 30.3 Å². The second-order valence-electron chi connectivity index (χ2n) is 4.71. The fourth-order valence-electron chi connectivity index (χ4n) is 2.29. The van der Waals surface area contributed by atoms with Crippen LogP contribution in [-0.2, 0) is 6.42 Å². The number of hydrogen-bond donors (Lipinski definition) is 1. The number of aromatic amines is 1. The average molecular weight is 322 g/mol. The van der Waals surface area contributed by atoms with E-state index in [2.05, 4.69) is 4.98 Å². The lowest BCUT2D eigenvalue weighted by Gasteiger charge is -2.03. The molecule has 0 unspecified atom stereocenters. The Balaban J connectivity index is 1.95. The SMILES string of the molecule is O=C(Cc1ccc(Cl)c(Cl)c1)c1c[nH]c2cccc(F)c12. The Bertz CT molecular complexity index is 841. The molecule has 0 radical (unpaired) electrons. The molecule has 0 fully saturated rings. The van der Waals surface area contributed by atoms with Crippen LogP contribution < -0.4 is 0 Å². The molecule has 2 aromatic carbocycles. The van der Waals surface area contributed by atoms with E-state index in [0.717, 1.165) is 5.56 Å². The third kappa shape index (κ3) is 2.67. The quantitative estimate of drug-likeness (QED) is 0.673. The largest absolute Gasteiger partial charge is 0.360 e. The van der Waals surface area contributed by atoms with Gasteiger partial charge in [-0.05, 0) is 29.8 Å². The molecule has 1 aromatic heterocycles. The molecule has 0 saturated heterocycles. The van der Waals surface area contributed by atoms with Gasteiger partial charge in [-0.25, -0.2) is 4.39 Å². The number of aromatic nitrogens is 1. The monoisotopic (exact) mass is 321 g/mol. The van der Waals surface area contributed by atoms with E-state index < -0.39 is 5.82 Å². The van der Waals surface area contributed by atoms with Gasteiger partial charge < -0.3 is 4.98 Å². The van der Waals surface area contributed by atoms with Gasteiger partial charge in [0.15, 0.2) is 5.78 Å². The standard InChI is InChI=1S/C16H10Cl2FNO/c17-11-5-4-9(6-12(11)18)7-15(21)10-8-20-14-3-1-2-13(19)16(10)14/h1-6,8,20H,7H2. The minimum Gasteiger partial charge on any atom is -0.360 e. The number of nitrogens with one attached hydrogen (secondary N) is 1. The molecule has 0 aliphatic heterocycles. The number of Topliss-reactive ketones (excluding diaryl/α,β-unsaturated/α-hetero) is 1. The van der Waals surface area contributed by atoms with E-state index in [-0.39, 0.29) is 12.2 Å². The highest BCUT2D eigenvalue weighted by Gasteiger charge is 2.16. The van der Waals surface area contributed by atoms with Crippen molar-refractivity contribution in [2.24, 2.45) is 0 Å². The van der Waals surface area contributed by atoms with Crippen molar-refractivity contribution in [3.63, 3.8) is 0 Å². The van der Waals surface area contributed by atoms with Crippen molar-refractivity contribution < 1.29 is 9.18 Å². The highest BCUT2D eigenvalue weighted by Crippen LogP contribution is 2.25. The van der Waals surface area contributed by atoms with Gasteiger partial charge >= 0.3 is 0 Å². The van der Waals surface area contributed by atoms with Crippen LogP contribution in [0, 0.1) is 5.82 Å². The van der Waals surface area contributed by atoms with Gasteiger partial charge in [0.2, 0.25) is 0 Å². The summed E-state index contributed by atoms with van der Waals surface area (Å²) in [6, 6.07) is 9.69. The van der Waals surface area contributed by atoms with Gasteiger partial charge in [-0.15, -0.1) is 0 Å². The Labute approximate surface area is 130 Å². The number of benzene rings is 2. The van der Waals surface area contributed by atoms with Crippen LogP contribution in [0.4, 0.5) is 4.39 Å². The Morgan fingerprint density at radius 2 is 1.95 bits per heavy atom. The van der Waals surface area contributed by atoms with Crippen molar-refractivity contribution >= 4 is 39.9 Å². The maximum atomic E-state index is 13.9. The van der Waals surface area contributed by atoms with Gasteiger partial charge in [0.05, 0.1) is 10.0 Å². The number of H-pyrrole nitrogens is 1. The first-order chi connectivity index (χ1) is 10.1. The minimum absolute atomic E-state index is 0.137. The second-order valence-corrected chi connectivity index (χ2v) is 5.53. The average Bonchev–Trinajstić information content (AvgIpc) is 2.88. The Morgan fingerprint density at radius 3 is 2.71 bits per heavy atom. The predicted molar refractivity (Wildman–Crippen MR) is 82.8 cm³/mol. The molecule has 1 N–H and O–H groups in total. The maximum Gasteiger partial charge on any atom is 0.169 e. The van der Waals surface area contributed by atoms with Crippen molar-refractivity contribution in [2.75, 3.05) is 0 Å². The van der Waals surface area contributed by atoms with Crippen molar-refractivity contribution in [3.05, 3.63) is 69.6 Å². The summed E-state index contributed by atoms with van der Waals surface area (Å²) in [6.07, 6.45) is 1.67. The molecule has 0 aliphatic carbocycles. The van der Waals surface area contributed by atoms with Crippen LogP contribution in [0.1, 0.15) is 15.9 Å². The topological polar surface area (TPSA) is 32.9 Å². The van der Waals surface area contributed by atoms with Gasteiger partial charge in [-0.3, -0.25) is 4.79 Å². The van der Waals surface area contributed by atoms with Crippen LogP contribution >= 0.6 is 23.2 Å². The number of halogens is 3. The smallest absolute Gasteiger partial charge is 0.169 e. The summed E-state index contributed by atoms with van der Waals surface area (Å²) < 4.78 is 13.9. The van der Waals surface area contributed by atoms with E-state index in [9.17, 15) is 9.18 Å². The first kappa shape index (κ1) is 14.1. The zero-order valence-corrected chi connectivity index (χ0v) is 12.3. The number of ketones is 1. The zero-order chi connectivity index (χ0) is 15.0. The third-order valence-electron chi connectivity index (χ3n) is 3.30. The number of carbonyl (C=O) groups excluding carboxylic acids is 1. The van der Waals surface area contributed by atoms with Crippen LogP contribution in [0.15, 0.2) is 42.6 Å². The summed E-state index contributed by atoms with van der Waals surface area (Å²) >= 11 is 11.8. The van der Waals surface area contributed by atoms with Crippen LogP contribution in [-0.4, -0.2) is 10.8 Å². The highest BCUT2D eigenvalue weighted by atomic mass is 35.5. The van der Waals surface area contributed by atoms with Crippen LogP contribution in [0.2, 0.25) is 10.0 Å². The van der Waals surface area contributed by atoms with E-state index in [0.29, 0.717) is 26.5 Å². The van der Waals surface area contributed by atoms with Crippen LogP contribution in [0.25, 0.3) is 10.9 Å². The Hall–Kier alpha value is -1.84. The molecule has 3 rings (SSSR count). The van der Waals surface area contributed by atoms with Crippen LogP contribution in [0.3, 0.4) is 0 Å². The molecular formula is C16H10Cl2FNO. The molecule has 0 atom stereocenters. The lowest BCUT2D eigenvalue weighted by molar-refractivity contribution is 0.0994. The molecule has 0 amide bonds. The lowest BCUT2D eigenvalue weighted by atomic mass is 10.0. The zero-order valence-electron chi connectivity index (χ0n) is 10.8. The summed E-state index contributed by atoms with van der Waals surface area (Å²) in [5.74, 6) is -0.587. The number of hydrogen-bond acceptors (Lipinski definition) is 1. The van der Waals surface area contributed by atoms with Gasteiger partial charge in [-0.2, -0.15) is 0 Å². The van der Waals surface area contributed by atoms with Crippen molar-refractivity contribution in [3.8, 4) is 0 Å². The molecule has 0 spiro atoms. The molecule has 0 bridgehead atoms. The van der Waals surface area contributed by atoms with Crippen molar-refractivity contribution in [1.29, 1.82) is 0 Å². The van der Waals surface area contributed by atoms with Gasteiger partial charge in [0, 0.05) is 29.1 Å². The molecule has 0 saturated carbocycles. The maximum absolute atomic E-state index is 13.9. The van der Waals surface area contributed by atoms with Gasteiger partial charge in [-0.1, -0.05) is 35.3 Å². The molecule has 21 heavy (non-hydrogen) atoms. The van der Waals surface area contributed by atoms with E-state index in [1.165, 1.54) is 12.3 Å². The predicted octanol–water partition coefficient (Wildman–Crippen LogP) is 5.04. The fourth-order valence-corrected chi connectivity index (χ4v) is 2.61. The number of rotatable bonds is 3. The normalized spacial score (nSPS) is 11.0. The van der Waals surface area contributed by atoms with Crippen molar-refractivity contribution in [1.82, 2.24) is 4.98 Å². The molecule has 3 aromatic rings. The fraction of sp³-hybridized carbons (Fsp3) is 0.0625. The molecule has 106 valence electrons. The lowest BCUT2D eigenvalue weighted by Crippen LogP contribution is -2.03. The van der Waals surface area contributed by atoms with Gasteiger partial charge in [0.25, 0.3) is 0 Å². The van der Waals surface area contributed by atoms with Crippen LogP contribution in [0.5, 0.6) is 0 Å². The summed E-state index contributed by atoms with van der Waals surface area (Å²) in [5.41, 5.74) is 1.68. The third-order valence-corrected chi connectivity index (χ3v) is 4.04. The van der Waals surface area contributed by atoms with E-state index in [4.69, 9.17) is 23.2 Å². The summed E-state index contributed by atoms with van der Waals surface area (Å²) in [6.45, 7) is 0. The molecule has 1 heterocycles. The highest BCUT2D eigenvalue weighted by molar-refractivity contribution is 6.42. The molecular weight excluding hydrogens is 312 g/mol. The van der Waals surface area contributed by atoms with E-state index >= 15 is 0 Å². The Kier molecular flexibility index (Phi) is 3.70. The number of carbonyl (C=O) groups is 1. The molecule has 0 aliphatic rings. The Morgan fingerprint density at radius 1 is 1.14 bits per heavy atom. The van der Waals surface area contributed by atoms with Gasteiger partial charge in [0.1, 0.15) is 5.82 Å².